The third-order valence-corrected chi connectivity index (χ3v) is 12.4. The summed E-state index contributed by atoms with van der Waals surface area (Å²) in [6, 6.07) is 45.2. The van der Waals surface area contributed by atoms with Crippen molar-refractivity contribution in [1.82, 2.24) is 0 Å². The summed E-state index contributed by atoms with van der Waals surface area (Å²) in [6.07, 6.45) is 0. The number of benzene rings is 6. The van der Waals surface area contributed by atoms with E-state index < -0.39 is 14.7 Å². The van der Waals surface area contributed by atoms with Crippen molar-refractivity contribution in [3.63, 3.8) is 0 Å². The fourth-order valence-corrected chi connectivity index (χ4v) is 10.8. The standard InChI is InChI=1S/C32H24O3P2/c33-36(27-17-3-1-4-18-27,31-23-11-15-25-13-7-9-21-29(25)31)35-37(34,28-19-5-2-6-20-28)32-24-12-16-26-14-8-10-22-30(26)32/h1-24H. The molecule has 2 unspecified atom stereocenters. The second-order valence-corrected chi connectivity index (χ2v) is 13.7. The molecule has 6 rings (SSSR count). The van der Waals surface area contributed by atoms with E-state index in [4.69, 9.17) is 4.31 Å². The summed E-state index contributed by atoms with van der Waals surface area (Å²) >= 11 is 0. The van der Waals surface area contributed by atoms with Crippen LogP contribution in [0.3, 0.4) is 0 Å². The SMILES string of the molecule is O=P(OP(=O)(c1ccccc1)c1cccc2ccccc12)(c1ccccc1)c1cccc2ccccc12. The van der Waals surface area contributed by atoms with Gasteiger partial charge in [-0.15, -0.1) is 0 Å². The second kappa shape index (κ2) is 9.61. The molecule has 0 heterocycles. The van der Waals surface area contributed by atoms with Gasteiger partial charge in [0.25, 0.3) is 14.7 Å². The maximum absolute atomic E-state index is 15.3. The number of hydrogen-bond acceptors (Lipinski definition) is 3. The number of hydrogen-bond donors (Lipinski definition) is 0. The molecule has 0 saturated carbocycles. The lowest BCUT2D eigenvalue weighted by atomic mass is 10.1. The zero-order chi connectivity index (χ0) is 25.3. The van der Waals surface area contributed by atoms with Crippen molar-refractivity contribution in [2.45, 2.75) is 0 Å². The van der Waals surface area contributed by atoms with Crippen LogP contribution in [-0.4, -0.2) is 0 Å². The van der Waals surface area contributed by atoms with E-state index in [0.29, 0.717) is 21.2 Å². The van der Waals surface area contributed by atoms with E-state index in [0.717, 1.165) is 21.5 Å². The summed E-state index contributed by atoms with van der Waals surface area (Å²) < 4.78 is 37.4. The Morgan fingerprint density at radius 3 is 1.16 bits per heavy atom. The minimum absolute atomic E-state index is 0.503. The summed E-state index contributed by atoms with van der Waals surface area (Å²) in [4.78, 5) is 0. The molecule has 0 N–H and O–H groups in total. The maximum Gasteiger partial charge on any atom is 0.267 e. The molecule has 0 fully saturated rings. The first-order valence-corrected chi connectivity index (χ1v) is 15.3. The van der Waals surface area contributed by atoms with Crippen molar-refractivity contribution in [3.8, 4) is 0 Å². The van der Waals surface area contributed by atoms with Gasteiger partial charge in [0.1, 0.15) is 0 Å². The quantitative estimate of drug-likeness (QED) is 0.220. The molecule has 2 atom stereocenters. The first-order chi connectivity index (χ1) is 18.1. The molecule has 6 aromatic carbocycles. The Morgan fingerprint density at radius 1 is 0.378 bits per heavy atom. The van der Waals surface area contributed by atoms with Gasteiger partial charge in [0, 0.05) is 21.2 Å². The monoisotopic (exact) mass is 518 g/mol. The lowest BCUT2D eigenvalue weighted by Crippen LogP contribution is -2.24. The Balaban J connectivity index is 1.67. The minimum atomic E-state index is -3.86. The van der Waals surface area contributed by atoms with Crippen molar-refractivity contribution in [2.24, 2.45) is 0 Å². The van der Waals surface area contributed by atoms with E-state index in [1.54, 1.807) is 24.3 Å². The van der Waals surface area contributed by atoms with E-state index in [2.05, 4.69) is 0 Å². The van der Waals surface area contributed by atoms with Crippen LogP contribution in [0.5, 0.6) is 0 Å². The van der Waals surface area contributed by atoms with Gasteiger partial charge in [0.05, 0.1) is 0 Å². The van der Waals surface area contributed by atoms with E-state index in [9.17, 15) is 0 Å². The van der Waals surface area contributed by atoms with E-state index in [1.807, 2.05) is 121 Å². The van der Waals surface area contributed by atoms with Gasteiger partial charge in [0.2, 0.25) is 0 Å². The summed E-state index contributed by atoms with van der Waals surface area (Å²) in [5.41, 5.74) is 0. The molecular weight excluding hydrogens is 494 g/mol. The number of fused-ring (bicyclic) bond motifs is 2. The average molecular weight is 518 g/mol. The average Bonchev–Trinajstić information content (AvgIpc) is 2.97. The van der Waals surface area contributed by atoms with Crippen molar-refractivity contribution < 1.29 is 13.4 Å². The maximum atomic E-state index is 15.3. The summed E-state index contributed by atoms with van der Waals surface area (Å²) in [5.74, 6) is 0. The van der Waals surface area contributed by atoms with Crippen LogP contribution >= 0.6 is 14.7 Å². The largest absolute Gasteiger partial charge is 0.282 e. The van der Waals surface area contributed by atoms with E-state index in [1.165, 1.54) is 0 Å². The van der Waals surface area contributed by atoms with Gasteiger partial charge in [-0.3, -0.25) is 13.4 Å². The van der Waals surface area contributed by atoms with Gasteiger partial charge in [-0.1, -0.05) is 109 Å². The molecule has 0 aromatic heterocycles. The van der Waals surface area contributed by atoms with Gasteiger partial charge < -0.3 is 0 Å². The summed E-state index contributed by atoms with van der Waals surface area (Å²) in [5, 5.41) is 5.59. The zero-order valence-corrected chi connectivity index (χ0v) is 21.8. The van der Waals surface area contributed by atoms with Gasteiger partial charge in [-0.05, 0) is 57.9 Å². The molecular formula is C32H24O3P2. The molecule has 37 heavy (non-hydrogen) atoms. The van der Waals surface area contributed by atoms with Crippen LogP contribution in [0.25, 0.3) is 21.5 Å². The van der Waals surface area contributed by atoms with Gasteiger partial charge in [-0.25, -0.2) is 0 Å². The third kappa shape index (κ3) is 4.16. The molecule has 0 spiro atoms. The topological polar surface area (TPSA) is 43.4 Å². The molecule has 0 saturated heterocycles. The molecule has 180 valence electrons. The molecule has 0 aliphatic rings. The second-order valence-electron chi connectivity index (χ2n) is 8.85. The molecule has 5 heteroatoms. The fraction of sp³-hybridized carbons (Fsp3) is 0. The summed E-state index contributed by atoms with van der Waals surface area (Å²) in [6.45, 7) is 0. The van der Waals surface area contributed by atoms with Gasteiger partial charge >= 0.3 is 0 Å². The van der Waals surface area contributed by atoms with E-state index >= 15 is 9.13 Å². The molecule has 3 nitrogen and oxygen atoms in total. The first-order valence-electron chi connectivity index (χ1n) is 12.1. The van der Waals surface area contributed by atoms with Gasteiger partial charge in [0.15, 0.2) is 0 Å². The van der Waals surface area contributed by atoms with Gasteiger partial charge in [-0.2, -0.15) is 0 Å². The molecule has 6 aromatic rings. The summed E-state index contributed by atoms with van der Waals surface area (Å²) in [7, 11) is -7.73. The van der Waals surface area contributed by atoms with Crippen LogP contribution in [0.1, 0.15) is 0 Å². The van der Waals surface area contributed by atoms with Crippen LogP contribution in [-0.2, 0) is 13.4 Å². The zero-order valence-electron chi connectivity index (χ0n) is 20.0. The number of rotatable bonds is 6. The lowest BCUT2D eigenvalue weighted by molar-refractivity contribution is 0.485. The molecule has 0 bridgehead atoms. The van der Waals surface area contributed by atoms with Crippen LogP contribution in [0.15, 0.2) is 146 Å². The molecule has 0 amide bonds. The van der Waals surface area contributed by atoms with Crippen LogP contribution in [0.4, 0.5) is 0 Å². The third-order valence-electron chi connectivity index (χ3n) is 6.59. The highest BCUT2D eigenvalue weighted by Gasteiger charge is 2.42. The predicted octanol–water partition coefficient (Wildman–Crippen LogP) is 7.17. The Bertz CT molecular complexity index is 1670. The highest BCUT2D eigenvalue weighted by Crippen LogP contribution is 2.62. The highest BCUT2D eigenvalue weighted by molar-refractivity contribution is 7.86. The molecule has 0 aliphatic carbocycles. The van der Waals surface area contributed by atoms with Crippen molar-refractivity contribution >= 4 is 57.5 Å². The Hall–Kier alpha value is -3.74. The lowest BCUT2D eigenvalue weighted by Gasteiger charge is -2.28. The fourth-order valence-electron chi connectivity index (χ4n) is 4.80. The smallest absolute Gasteiger partial charge is 0.267 e. The Labute approximate surface area is 216 Å². The Morgan fingerprint density at radius 2 is 0.730 bits per heavy atom. The highest BCUT2D eigenvalue weighted by atomic mass is 31.2. The molecule has 0 radical (unpaired) electrons. The van der Waals surface area contributed by atoms with Crippen LogP contribution in [0.2, 0.25) is 0 Å². The van der Waals surface area contributed by atoms with E-state index in [-0.39, 0.29) is 0 Å². The van der Waals surface area contributed by atoms with Crippen LogP contribution in [0, 0.1) is 0 Å². The predicted molar refractivity (Wildman–Crippen MR) is 156 cm³/mol. The first kappa shape index (κ1) is 23.6. The Kier molecular flexibility index (Phi) is 6.14. The normalized spacial score (nSPS) is 14.7. The minimum Gasteiger partial charge on any atom is -0.282 e. The van der Waals surface area contributed by atoms with Crippen molar-refractivity contribution in [1.29, 1.82) is 0 Å². The van der Waals surface area contributed by atoms with Crippen molar-refractivity contribution in [3.05, 3.63) is 146 Å². The van der Waals surface area contributed by atoms with Crippen LogP contribution < -0.4 is 21.2 Å². The molecule has 0 aliphatic heterocycles. The van der Waals surface area contributed by atoms with Crippen molar-refractivity contribution in [2.75, 3.05) is 0 Å².